The molecule has 1 aromatic heterocycles. The Hall–Kier alpha value is -2.44. The minimum Gasteiger partial charge on any atom is -0.332 e. The number of hydrogen-bond donors (Lipinski definition) is 0. The summed E-state index contributed by atoms with van der Waals surface area (Å²) in [5, 5.41) is 0. The fourth-order valence-corrected chi connectivity index (χ4v) is 4.04. The van der Waals surface area contributed by atoms with Crippen molar-refractivity contribution in [2.24, 2.45) is 0 Å². The van der Waals surface area contributed by atoms with Crippen LogP contribution in [0.4, 0.5) is 13.2 Å². The van der Waals surface area contributed by atoms with Crippen molar-refractivity contribution in [2.45, 2.75) is 50.4 Å². The lowest BCUT2D eigenvalue weighted by Crippen LogP contribution is -2.42. The van der Waals surface area contributed by atoms with Gasteiger partial charge in [0.05, 0.1) is 17.3 Å². The molecule has 1 fully saturated rings. The number of aryl methyl sites for hydroxylation is 1. The first-order valence-corrected chi connectivity index (χ1v) is 8.69. The molecule has 3 heterocycles. The predicted molar refractivity (Wildman–Crippen MR) is 88.1 cm³/mol. The van der Waals surface area contributed by atoms with Gasteiger partial charge in [-0.2, -0.15) is 13.2 Å². The number of nitrogens with zero attached hydrogens (tertiary/aromatic N) is 3. The van der Waals surface area contributed by atoms with Gasteiger partial charge in [-0.05, 0) is 37.0 Å². The number of alkyl halides is 3. The number of benzene rings is 1. The highest BCUT2D eigenvalue weighted by molar-refractivity contribution is 5.78. The lowest BCUT2D eigenvalue weighted by Gasteiger charge is -2.35. The molecule has 2 bridgehead atoms. The topological polar surface area (TPSA) is 46.1 Å². The van der Waals surface area contributed by atoms with Crippen LogP contribution in [0.15, 0.2) is 36.8 Å². The van der Waals surface area contributed by atoms with E-state index in [4.69, 9.17) is 0 Å². The Morgan fingerprint density at radius 3 is 2.69 bits per heavy atom. The molecule has 26 heavy (non-hydrogen) atoms. The Bertz CT molecular complexity index is 820. The lowest BCUT2D eigenvalue weighted by molar-refractivity contribution is -0.137. The maximum atomic E-state index is 12.8. The smallest absolute Gasteiger partial charge is 0.332 e. The molecule has 4 rings (SSSR count). The van der Waals surface area contributed by atoms with Crippen LogP contribution in [0.25, 0.3) is 0 Å². The van der Waals surface area contributed by atoms with E-state index in [1.54, 1.807) is 12.5 Å². The Balaban J connectivity index is 1.43. The zero-order valence-corrected chi connectivity index (χ0v) is 14.0. The van der Waals surface area contributed by atoms with Crippen LogP contribution in [0, 0.1) is 0 Å². The summed E-state index contributed by atoms with van der Waals surface area (Å²) in [4.78, 5) is 23.1. The van der Waals surface area contributed by atoms with Crippen molar-refractivity contribution in [3.05, 3.63) is 59.2 Å². The number of amides is 1. The van der Waals surface area contributed by atoms with Gasteiger partial charge in [0.15, 0.2) is 0 Å². The molecule has 136 valence electrons. The summed E-state index contributed by atoms with van der Waals surface area (Å²) in [7, 11) is 0. The molecular formula is C19H18F3N3O. The minimum absolute atomic E-state index is 0.0325. The fourth-order valence-electron chi connectivity index (χ4n) is 4.04. The lowest BCUT2D eigenvalue weighted by atomic mass is 9.98. The molecule has 2 aromatic rings. The number of hydrogen-bond acceptors (Lipinski definition) is 3. The predicted octanol–water partition coefficient (Wildman–Crippen LogP) is 3.72. The van der Waals surface area contributed by atoms with E-state index in [2.05, 4.69) is 9.97 Å². The molecule has 2 atom stereocenters. The van der Waals surface area contributed by atoms with E-state index in [-0.39, 0.29) is 18.0 Å². The van der Waals surface area contributed by atoms with Crippen molar-refractivity contribution in [1.82, 2.24) is 14.9 Å². The third kappa shape index (κ3) is 3.06. The van der Waals surface area contributed by atoms with Crippen LogP contribution in [0.1, 0.15) is 47.7 Å². The summed E-state index contributed by atoms with van der Waals surface area (Å²) in [5.41, 5.74) is 2.13. The van der Waals surface area contributed by atoms with E-state index in [1.165, 1.54) is 12.1 Å². The Morgan fingerprint density at radius 1 is 1.19 bits per heavy atom. The quantitative estimate of drug-likeness (QED) is 0.837. The second-order valence-corrected chi connectivity index (χ2v) is 6.87. The van der Waals surface area contributed by atoms with Crippen molar-refractivity contribution in [3.8, 4) is 0 Å². The summed E-state index contributed by atoms with van der Waals surface area (Å²) in [6, 6.07) is 5.23. The maximum absolute atomic E-state index is 12.8. The average molecular weight is 361 g/mol. The summed E-state index contributed by atoms with van der Waals surface area (Å²) in [6.07, 6.45) is 2.35. The molecule has 0 aliphatic carbocycles. The zero-order valence-electron chi connectivity index (χ0n) is 14.0. The van der Waals surface area contributed by atoms with Gasteiger partial charge in [0.1, 0.15) is 6.33 Å². The Morgan fingerprint density at radius 2 is 1.96 bits per heavy atom. The third-order valence-corrected chi connectivity index (χ3v) is 5.31. The molecule has 0 spiro atoms. The SMILES string of the molecule is O=C(CCc1ccc(C(F)(F)F)cc1)N1C2CCC1c1cncnc1C2. The minimum atomic E-state index is -4.34. The highest BCUT2D eigenvalue weighted by Crippen LogP contribution is 2.43. The van der Waals surface area contributed by atoms with E-state index in [0.717, 1.165) is 48.2 Å². The first-order valence-electron chi connectivity index (χ1n) is 8.69. The largest absolute Gasteiger partial charge is 0.416 e. The zero-order chi connectivity index (χ0) is 18.3. The molecule has 0 radical (unpaired) electrons. The highest BCUT2D eigenvalue weighted by Gasteiger charge is 2.42. The first-order chi connectivity index (χ1) is 12.4. The summed E-state index contributed by atoms with van der Waals surface area (Å²) in [6.45, 7) is 0. The number of aromatic nitrogens is 2. The average Bonchev–Trinajstić information content (AvgIpc) is 2.94. The molecule has 2 aliphatic rings. The molecule has 2 aliphatic heterocycles. The van der Waals surface area contributed by atoms with Crippen LogP contribution in [0.3, 0.4) is 0 Å². The number of carbonyl (C=O) groups excluding carboxylic acids is 1. The molecule has 0 N–H and O–H groups in total. The monoisotopic (exact) mass is 361 g/mol. The second-order valence-electron chi connectivity index (χ2n) is 6.87. The van der Waals surface area contributed by atoms with E-state index in [0.29, 0.717) is 12.8 Å². The van der Waals surface area contributed by atoms with E-state index in [1.807, 2.05) is 4.90 Å². The van der Waals surface area contributed by atoms with Gasteiger partial charge in [0, 0.05) is 30.6 Å². The molecular weight excluding hydrogens is 343 g/mol. The molecule has 1 aromatic carbocycles. The molecule has 1 saturated heterocycles. The van der Waals surface area contributed by atoms with Gasteiger partial charge >= 0.3 is 6.18 Å². The van der Waals surface area contributed by atoms with Crippen LogP contribution in [-0.4, -0.2) is 26.8 Å². The molecule has 2 unspecified atom stereocenters. The van der Waals surface area contributed by atoms with Crippen molar-refractivity contribution in [2.75, 3.05) is 0 Å². The van der Waals surface area contributed by atoms with Crippen molar-refractivity contribution >= 4 is 5.91 Å². The van der Waals surface area contributed by atoms with Crippen LogP contribution in [0.2, 0.25) is 0 Å². The Kier molecular flexibility index (Phi) is 4.17. The van der Waals surface area contributed by atoms with Crippen molar-refractivity contribution < 1.29 is 18.0 Å². The van der Waals surface area contributed by atoms with Gasteiger partial charge in [-0.1, -0.05) is 12.1 Å². The standard InChI is InChI=1S/C19H18F3N3O/c20-19(21,22)13-4-1-12(2-5-13)3-8-18(26)25-14-6-7-17(25)15-10-23-11-24-16(15)9-14/h1-2,4-5,10-11,14,17H,3,6-9H2. The van der Waals surface area contributed by atoms with Gasteiger partial charge in [-0.3, -0.25) is 4.79 Å². The van der Waals surface area contributed by atoms with Crippen LogP contribution < -0.4 is 0 Å². The molecule has 1 amide bonds. The third-order valence-electron chi connectivity index (χ3n) is 5.31. The summed E-state index contributed by atoms with van der Waals surface area (Å²) < 4.78 is 37.9. The number of rotatable bonds is 3. The number of carbonyl (C=O) groups is 1. The van der Waals surface area contributed by atoms with Gasteiger partial charge in [0.2, 0.25) is 5.91 Å². The summed E-state index contributed by atoms with van der Waals surface area (Å²) >= 11 is 0. The van der Waals surface area contributed by atoms with Crippen molar-refractivity contribution in [3.63, 3.8) is 0 Å². The Labute approximate surface area is 149 Å². The maximum Gasteiger partial charge on any atom is 0.416 e. The molecule has 0 saturated carbocycles. The summed E-state index contributed by atoms with van der Waals surface area (Å²) in [5.74, 6) is 0.0481. The van der Waals surface area contributed by atoms with Crippen LogP contribution in [-0.2, 0) is 23.8 Å². The van der Waals surface area contributed by atoms with Crippen LogP contribution >= 0.6 is 0 Å². The first kappa shape index (κ1) is 17.0. The highest BCUT2D eigenvalue weighted by atomic mass is 19.4. The molecule has 4 nitrogen and oxygen atoms in total. The van der Waals surface area contributed by atoms with Gasteiger partial charge in [-0.25, -0.2) is 9.97 Å². The number of fused-ring (bicyclic) bond motifs is 4. The molecule has 7 heteroatoms. The van der Waals surface area contributed by atoms with Crippen LogP contribution in [0.5, 0.6) is 0 Å². The van der Waals surface area contributed by atoms with E-state index in [9.17, 15) is 18.0 Å². The van der Waals surface area contributed by atoms with Gasteiger partial charge in [-0.15, -0.1) is 0 Å². The van der Waals surface area contributed by atoms with Crippen molar-refractivity contribution in [1.29, 1.82) is 0 Å². The number of halogens is 3. The second kappa shape index (κ2) is 6.37. The van der Waals surface area contributed by atoms with E-state index < -0.39 is 11.7 Å². The fraction of sp³-hybridized carbons (Fsp3) is 0.421. The van der Waals surface area contributed by atoms with Gasteiger partial charge < -0.3 is 4.90 Å². The normalized spacial score (nSPS) is 21.6. The van der Waals surface area contributed by atoms with Gasteiger partial charge in [0.25, 0.3) is 0 Å². The van der Waals surface area contributed by atoms with E-state index >= 15 is 0 Å².